The number of hydrogen-bond acceptors (Lipinski definition) is 4. The number of benzene rings is 3. The maximum Gasteiger partial charge on any atom is 0.263 e. The third-order valence-corrected chi connectivity index (χ3v) is 6.74. The number of amides is 2. The van der Waals surface area contributed by atoms with E-state index in [1.807, 2.05) is 61.5 Å². The standard InChI is InChI=1S/C25H19ClN2O3S/c1-2-31-17-11-12-19-21(13-17)32-23(24(29)27-19)22-18-5-3-4-6-20(18)28(25(22)30)14-15-7-9-16(26)10-8-15/h3-13H,2,14H2,1H3,(H,27,29). The molecule has 160 valence electrons. The number of hydrogen-bond donors (Lipinski definition) is 1. The first-order chi connectivity index (χ1) is 15.5. The minimum Gasteiger partial charge on any atom is -0.494 e. The van der Waals surface area contributed by atoms with Gasteiger partial charge in [-0.05, 0) is 48.9 Å². The highest BCUT2D eigenvalue weighted by molar-refractivity contribution is 8.04. The summed E-state index contributed by atoms with van der Waals surface area (Å²) in [5, 5.41) is 3.56. The van der Waals surface area contributed by atoms with Crippen molar-refractivity contribution in [2.24, 2.45) is 0 Å². The number of rotatable bonds is 4. The Labute approximate surface area is 195 Å². The molecule has 7 heteroatoms. The van der Waals surface area contributed by atoms with Gasteiger partial charge in [0.05, 0.1) is 35.0 Å². The van der Waals surface area contributed by atoms with E-state index in [1.54, 1.807) is 17.0 Å². The van der Waals surface area contributed by atoms with Crippen LogP contribution in [0.25, 0.3) is 5.57 Å². The Kier molecular flexibility index (Phi) is 5.41. The summed E-state index contributed by atoms with van der Waals surface area (Å²) >= 11 is 7.31. The van der Waals surface area contributed by atoms with Gasteiger partial charge >= 0.3 is 0 Å². The molecule has 0 bridgehead atoms. The zero-order valence-electron chi connectivity index (χ0n) is 17.2. The number of nitrogens with zero attached hydrogens (tertiary/aromatic N) is 1. The van der Waals surface area contributed by atoms with Crippen molar-refractivity contribution in [3.8, 4) is 5.75 Å². The fourth-order valence-corrected chi connectivity index (χ4v) is 5.07. The van der Waals surface area contributed by atoms with Crippen LogP contribution in [-0.2, 0) is 16.1 Å². The maximum absolute atomic E-state index is 13.6. The molecule has 2 amide bonds. The molecule has 2 aliphatic rings. The predicted octanol–water partition coefficient (Wildman–Crippen LogP) is 5.74. The van der Waals surface area contributed by atoms with E-state index < -0.39 is 0 Å². The molecule has 5 nitrogen and oxygen atoms in total. The first-order valence-electron chi connectivity index (χ1n) is 10.2. The van der Waals surface area contributed by atoms with Gasteiger partial charge < -0.3 is 15.0 Å². The molecule has 0 atom stereocenters. The van der Waals surface area contributed by atoms with E-state index in [-0.39, 0.29) is 11.8 Å². The van der Waals surface area contributed by atoms with Crippen molar-refractivity contribution < 1.29 is 14.3 Å². The van der Waals surface area contributed by atoms with Gasteiger partial charge in [0.25, 0.3) is 11.8 Å². The van der Waals surface area contributed by atoms with Crippen LogP contribution in [0.2, 0.25) is 5.02 Å². The summed E-state index contributed by atoms with van der Waals surface area (Å²) in [6, 6.07) is 20.5. The summed E-state index contributed by atoms with van der Waals surface area (Å²) in [5.74, 6) is 0.253. The van der Waals surface area contributed by atoms with E-state index in [2.05, 4.69) is 5.32 Å². The Hall–Kier alpha value is -3.22. The van der Waals surface area contributed by atoms with Gasteiger partial charge in [0.15, 0.2) is 0 Å². The second-order valence-electron chi connectivity index (χ2n) is 7.39. The average molecular weight is 463 g/mol. The molecule has 2 heterocycles. The first-order valence-corrected chi connectivity index (χ1v) is 11.4. The van der Waals surface area contributed by atoms with Gasteiger partial charge in [-0.3, -0.25) is 9.59 Å². The van der Waals surface area contributed by atoms with Crippen molar-refractivity contribution >= 4 is 52.1 Å². The van der Waals surface area contributed by atoms with E-state index in [1.165, 1.54) is 11.8 Å². The molecule has 1 N–H and O–H groups in total. The lowest BCUT2D eigenvalue weighted by molar-refractivity contribution is -0.114. The van der Waals surface area contributed by atoms with Gasteiger partial charge in [0.2, 0.25) is 0 Å². The maximum atomic E-state index is 13.6. The largest absolute Gasteiger partial charge is 0.494 e. The van der Waals surface area contributed by atoms with Crippen LogP contribution in [0.4, 0.5) is 11.4 Å². The Morgan fingerprint density at radius 2 is 1.81 bits per heavy atom. The second kappa shape index (κ2) is 8.37. The van der Waals surface area contributed by atoms with Crippen LogP contribution in [0, 0.1) is 0 Å². The fourth-order valence-electron chi connectivity index (χ4n) is 3.88. The minimum atomic E-state index is -0.279. The second-order valence-corrected chi connectivity index (χ2v) is 8.87. The number of nitrogens with one attached hydrogen (secondary N) is 1. The number of fused-ring (bicyclic) bond motifs is 2. The van der Waals surface area contributed by atoms with Crippen LogP contribution >= 0.6 is 23.4 Å². The molecule has 32 heavy (non-hydrogen) atoms. The quantitative estimate of drug-likeness (QED) is 0.502. The number of carbonyl (C=O) groups is 2. The number of ether oxygens (including phenoxy) is 1. The van der Waals surface area contributed by atoms with Gasteiger partial charge in [0.1, 0.15) is 5.75 Å². The molecule has 3 aromatic rings. The van der Waals surface area contributed by atoms with Crippen molar-refractivity contribution in [1.29, 1.82) is 0 Å². The molecule has 0 spiro atoms. The number of para-hydroxylation sites is 1. The third kappa shape index (κ3) is 3.66. The molecular weight excluding hydrogens is 444 g/mol. The van der Waals surface area contributed by atoms with E-state index >= 15 is 0 Å². The molecule has 2 aliphatic heterocycles. The number of anilines is 2. The lowest BCUT2D eigenvalue weighted by Gasteiger charge is -2.21. The number of thioether (sulfide) groups is 1. The summed E-state index contributed by atoms with van der Waals surface area (Å²) in [4.78, 5) is 29.5. The summed E-state index contributed by atoms with van der Waals surface area (Å²) in [6.07, 6.45) is 0. The zero-order valence-corrected chi connectivity index (χ0v) is 18.8. The molecule has 0 aromatic heterocycles. The van der Waals surface area contributed by atoms with Crippen molar-refractivity contribution in [1.82, 2.24) is 0 Å². The Morgan fingerprint density at radius 1 is 1.03 bits per heavy atom. The van der Waals surface area contributed by atoms with E-state index in [0.29, 0.717) is 34.3 Å². The molecule has 0 fully saturated rings. The molecular formula is C25H19ClN2O3S. The highest BCUT2D eigenvalue weighted by Gasteiger charge is 2.38. The molecule has 3 aromatic carbocycles. The first kappa shape index (κ1) is 20.7. The van der Waals surface area contributed by atoms with Crippen molar-refractivity contribution in [3.05, 3.63) is 87.8 Å². The van der Waals surface area contributed by atoms with Gasteiger partial charge in [-0.25, -0.2) is 0 Å². The fraction of sp³-hybridized carbons (Fsp3) is 0.120. The summed E-state index contributed by atoms with van der Waals surface area (Å²) in [5.41, 5.74) is 3.64. The summed E-state index contributed by atoms with van der Waals surface area (Å²) < 4.78 is 5.60. The Bertz CT molecular complexity index is 1270. The monoisotopic (exact) mass is 462 g/mol. The Morgan fingerprint density at radius 3 is 2.59 bits per heavy atom. The number of carbonyl (C=O) groups excluding carboxylic acids is 2. The van der Waals surface area contributed by atoms with Gasteiger partial charge in [0, 0.05) is 15.5 Å². The zero-order chi connectivity index (χ0) is 22.2. The van der Waals surface area contributed by atoms with Crippen LogP contribution in [-0.4, -0.2) is 18.4 Å². The van der Waals surface area contributed by atoms with Gasteiger partial charge in [-0.1, -0.05) is 53.7 Å². The predicted molar refractivity (Wildman–Crippen MR) is 128 cm³/mol. The number of halogens is 1. The SMILES string of the molecule is CCOc1ccc2c(c1)SC(=C1C(=O)N(Cc3ccc(Cl)cc3)c3ccccc31)C(=O)N2. The lowest BCUT2D eigenvalue weighted by Crippen LogP contribution is -2.27. The molecule has 0 unspecified atom stereocenters. The van der Waals surface area contributed by atoms with Crippen LogP contribution in [0.15, 0.2) is 76.5 Å². The highest BCUT2D eigenvalue weighted by atomic mass is 35.5. The van der Waals surface area contributed by atoms with Crippen LogP contribution in [0.5, 0.6) is 5.75 Å². The topological polar surface area (TPSA) is 58.6 Å². The van der Waals surface area contributed by atoms with E-state index in [4.69, 9.17) is 16.3 Å². The smallest absolute Gasteiger partial charge is 0.263 e. The van der Waals surface area contributed by atoms with Crippen LogP contribution in [0.3, 0.4) is 0 Å². The molecule has 0 saturated heterocycles. The average Bonchev–Trinajstić information content (AvgIpc) is 3.06. The van der Waals surface area contributed by atoms with Crippen molar-refractivity contribution in [2.45, 2.75) is 18.4 Å². The summed E-state index contributed by atoms with van der Waals surface area (Å²) in [6.45, 7) is 2.86. The van der Waals surface area contributed by atoms with Crippen molar-refractivity contribution in [3.63, 3.8) is 0 Å². The van der Waals surface area contributed by atoms with Crippen LogP contribution < -0.4 is 15.0 Å². The van der Waals surface area contributed by atoms with Crippen LogP contribution in [0.1, 0.15) is 18.1 Å². The molecule has 0 aliphatic carbocycles. The molecule has 0 radical (unpaired) electrons. The van der Waals surface area contributed by atoms with Crippen molar-refractivity contribution in [2.75, 3.05) is 16.8 Å². The third-order valence-electron chi connectivity index (χ3n) is 5.33. The Balaban J connectivity index is 1.56. The van der Waals surface area contributed by atoms with E-state index in [9.17, 15) is 9.59 Å². The highest BCUT2D eigenvalue weighted by Crippen LogP contribution is 2.47. The summed E-state index contributed by atoms with van der Waals surface area (Å²) in [7, 11) is 0. The van der Waals surface area contributed by atoms with E-state index in [0.717, 1.165) is 27.5 Å². The minimum absolute atomic E-state index is 0.191. The van der Waals surface area contributed by atoms with Gasteiger partial charge in [-0.15, -0.1) is 0 Å². The lowest BCUT2D eigenvalue weighted by atomic mass is 10.1. The molecule has 5 rings (SSSR count). The molecule has 0 saturated carbocycles. The normalized spacial score (nSPS) is 17.1. The van der Waals surface area contributed by atoms with Gasteiger partial charge in [-0.2, -0.15) is 0 Å².